The van der Waals surface area contributed by atoms with E-state index >= 15 is 0 Å². The molecule has 0 aliphatic heterocycles. The van der Waals surface area contributed by atoms with Crippen molar-refractivity contribution in [3.8, 4) is 0 Å². The predicted octanol–water partition coefficient (Wildman–Crippen LogP) is 11.5. The lowest BCUT2D eigenvalue weighted by molar-refractivity contribution is 0.157. The molecule has 0 rings (SSSR count). The smallest absolute Gasteiger partial charge is 0.317 e. The van der Waals surface area contributed by atoms with Gasteiger partial charge in [0.1, 0.15) is 0 Å². The molecule has 1 atom stereocenters. The highest BCUT2D eigenvalue weighted by atomic mass is 31.2. The molecule has 0 saturated heterocycles. The van der Waals surface area contributed by atoms with Crippen molar-refractivity contribution in [1.29, 1.82) is 0 Å². The summed E-state index contributed by atoms with van der Waals surface area (Å²) in [6, 6.07) is 0. The Bertz CT molecular complexity index is 486. The predicted molar refractivity (Wildman–Crippen MR) is 177 cm³/mol. The van der Waals surface area contributed by atoms with E-state index in [-0.39, 0.29) is 6.61 Å². The Hall–Kier alpha value is 0.0700. The second-order valence-electron chi connectivity index (χ2n) is 12.1. The third-order valence-electron chi connectivity index (χ3n) is 7.82. The van der Waals surface area contributed by atoms with Gasteiger partial charge in [-0.2, -0.15) is 0 Å². The first-order valence-corrected chi connectivity index (χ1v) is 19.3. The number of unbranched alkanes of at least 4 members (excludes halogenated alkanes) is 20. The summed E-state index contributed by atoms with van der Waals surface area (Å²) in [7, 11) is -4.33. The molecule has 0 saturated carbocycles. The Labute approximate surface area is 252 Å². The van der Waals surface area contributed by atoms with Crippen molar-refractivity contribution in [3.63, 3.8) is 0 Å². The molecular weight excluding hydrogens is 517 g/mol. The zero-order chi connectivity index (χ0) is 30.0. The molecule has 0 radical (unpaired) electrons. The third-order valence-corrected chi connectivity index (χ3v) is 8.31. The van der Waals surface area contributed by atoms with Crippen molar-refractivity contribution in [1.82, 2.24) is 5.32 Å². The molecule has 0 amide bonds. The molecule has 244 valence electrons. The van der Waals surface area contributed by atoms with Crippen LogP contribution in [0.25, 0.3) is 0 Å². The molecule has 5 nitrogen and oxygen atoms in total. The maximum absolute atomic E-state index is 10.9. The molecule has 0 bridgehead atoms. The molecule has 0 aromatic heterocycles. The van der Waals surface area contributed by atoms with E-state index in [1.807, 2.05) is 0 Å². The van der Waals surface area contributed by atoms with Crippen LogP contribution in [0.1, 0.15) is 195 Å². The highest BCUT2D eigenvalue weighted by Gasteiger charge is 2.18. The van der Waals surface area contributed by atoms with Crippen LogP contribution < -0.4 is 5.32 Å². The molecule has 0 aromatic rings. The van der Waals surface area contributed by atoms with Crippen LogP contribution in [0.2, 0.25) is 0 Å². The summed E-state index contributed by atoms with van der Waals surface area (Å²) in [5.74, 6) is 0.291. The lowest BCUT2D eigenvalue weighted by Crippen LogP contribution is -2.16. The van der Waals surface area contributed by atoms with E-state index in [0.29, 0.717) is 5.92 Å². The van der Waals surface area contributed by atoms with E-state index in [1.165, 1.54) is 154 Å². The lowest BCUT2D eigenvalue weighted by atomic mass is 9.95. The summed E-state index contributed by atoms with van der Waals surface area (Å²) in [6.45, 7) is 11.7. The third kappa shape index (κ3) is 40.2. The molecular formula is C34H74NO4P. The Balaban J connectivity index is 0. The minimum absolute atomic E-state index is 0.201. The van der Waals surface area contributed by atoms with Crippen LogP contribution in [0.4, 0.5) is 0 Å². The van der Waals surface area contributed by atoms with Gasteiger partial charge in [-0.25, -0.2) is 4.57 Å². The van der Waals surface area contributed by atoms with Gasteiger partial charge in [-0.1, -0.05) is 169 Å². The number of hydrogen-bond acceptors (Lipinski definition) is 3. The molecule has 0 fully saturated rings. The highest BCUT2D eigenvalue weighted by Crippen LogP contribution is 2.37. The van der Waals surface area contributed by atoms with Crippen LogP contribution in [0, 0.1) is 5.92 Å². The maximum Gasteiger partial charge on any atom is 0.469 e. The molecule has 0 spiro atoms. The van der Waals surface area contributed by atoms with Gasteiger partial charge in [-0.05, 0) is 44.7 Å². The number of rotatable bonds is 31. The summed E-state index contributed by atoms with van der Waals surface area (Å²) >= 11 is 0. The average Bonchev–Trinajstić information content (AvgIpc) is 2.93. The summed E-state index contributed by atoms with van der Waals surface area (Å²) in [6.07, 6.45) is 34.1. The van der Waals surface area contributed by atoms with Crippen LogP contribution in [-0.4, -0.2) is 29.5 Å². The van der Waals surface area contributed by atoms with Gasteiger partial charge in [0, 0.05) is 0 Å². The Morgan fingerprint density at radius 1 is 0.500 bits per heavy atom. The van der Waals surface area contributed by atoms with E-state index in [2.05, 4.69) is 33.0 Å². The van der Waals surface area contributed by atoms with Gasteiger partial charge in [0.15, 0.2) is 0 Å². The summed E-state index contributed by atoms with van der Waals surface area (Å²) in [5, 5.41) is 3.57. The molecule has 0 aliphatic rings. The van der Waals surface area contributed by atoms with E-state index in [1.54, 1.807) is 0 Å². The van der Waals surface area contributed by atoms with Crippen molar-refractivity contribution in [3.05, 3.63) is 0 Å². The summed E-state index contributed by atoms with van der Waals surface area (Å²) in [5.41, 5.74) is 0. The molecule has 0 aromatic carbocycles. The molecule has 40 heavy (non-hydrogen) atoms. The van der Waals surface area contributed by atoms with Gasteiger partial charge in [-0.3, -0.25) is 4.52 Å². The molecule has 1 unspecified atom stereocenters. The molecule has 3 N–H and O–H groups in total. The minimum atomic E-state index is -4.33. The van der Waals surface area contributed by atoms with Crippen molar-refractivity contribution < 1.29 is 18.9 Å². The SMILES string of the molecule is CCCCCCCCCCC(CCCCCC)COP(=O)(O)O.CCCCCCCCNCCCCCCCC. The van der Waals surface area contributed by atoms with Crippen LogP contribution >= 0.6 is 7.82 Å². The highest BCUT2D eigenvalue weighted by molar-refractivity contribution is 7.46. The number of phosphoric acid groups is 1. The van der Waals surface area contributed by atoms with E-state index < -0.39 is 7.82 Å². The fourth-order valence-electron chi connectivity index (χ4n) is 5.13. The van der Waals surface area contributed by atoms with Crippen molar-refractivity contribution in [2.75, 3.05) is 19.7 Å². The largest absolute Gasteiger partial charge is 0.469 e. The van der Waals surface area contributed by atoms with Gasteiger partial charge >= 0.3 is 7.82 Å². The summed E-state index contributed by atoms with van der Waals surface area (Å²) < 4.78 is 15.6. The van der Waals surface area contributed by atoms with Gasteiger partial charge < -0.3 is 15.1 Å². The standard InChI is InChI=1S/C18H39O4P.C16H35N/c1-3-5-7-9-10-11-12-14-16-18(15-13-8-6-4-2)17-22-23(19,20)21;1-3-5-7-9-11-13-15-17-16-14-12-10-8-6-4-2/h18H,3-17H2,1-2H3,(H2,19,20,21);17H,3-16H2,1-2H3. The first-order valence-electron chi connectivity index (χ1n) is 17.8. The zero-order valence-corrected chi connectivity index (χ0v) is 28.6. The Morgan fingerprint density at radius 3 is 1.15 bits per heavy atom. The van der Waals surface area contributed by atoms with Gasteiger partial charge in [0.05, 0.1) is 6.61 Å². The number of nitrogens with one attached hydrogen (secondary N) is 1. The quantitative estimate of drug-likeness (QED) is 0.0552. The second-order valence-corrected chi connectivity index (χ2v) is 13.3. The van der Waals surface area contributed by atoms with E-state index in [9.17, 15) is 4.57 Å². The van der Waals surface area contributed by atoms with Crippen molar-refractivity contribution in [2.24, 2.45) is 5.92 Å². The summed E-state index contributed by atoms with van der Waals surface area (Å²) in [4.78, 5) is 17.8. The van der Waals surface area contributed by atoms with Gasteiger partial charge in [0.25, 0.3) is 0 Å². The molecule has 0 heterocycles. The number of hydrogen-bond donors (Lipinski definition) is 3. The molecule has 6 heteroatoms. The zero-order valence-electron chi connectivity index (χ0n) is 27.7. The van der Waals surface area contributed by atoms with Crippen LogP contribution in [0.15, 0.2) is 0 Å². The first-order chi connectivity index (χ1) is 19.4. The van der Waals surface area contributed by atoms with Crippen LogP contribution in [0.5, 0.6) is 0 Å². The normalized spacial score (nSPS) is 12.3. The second kappa shape index (κ2) is 35.3. The molecule has 0 aliphatic carbocycles. The lowest BCUT2D eigenvalue weighted by Gasteiger charge is -2.17. The fraction of sp³-hybridized carbons (Fsp3) is 1.00. The average molecular weight is 592 g/mol. The Kier molecular flexibility index (Phi) is 37.2. The monoisotopic (exact) mass is 592 g/mol. The van der Waals surface area contributed by atoms with Gasteiger partial charge in [0.2, 0.25) is 0 Å². The van der Waals surface area contributed by atoms with Crippen LogP contribution in [-0.2, 0) is 9.09 Å². The minimum Gasteiger partial charge on any atom is -0.317 e. The van der Waals surface area contributed by atoms with Crippen molar-refractivity contribution in [2.45, 2.75) is 195 Å². The first kappa shape index (κ1) is 42.2. The maximum atomic E-state index is 10.9. The topological polar surface area (TPSA) is 78.8 Å². The Morgan fingerprint density at radius 2 is 0.800 bits per heavy atom. The number of phosphoric ester groups is 1. The van der Waals surface area contributed by atoms with Crippen molar-refractivity contribution >= 4 is 7.82 Å². The van der Waals surface area contributed by atoms with E-state index in [4.69, 9.17) is 14.3 Å². The van der Waals surface area contributed by atoms with Crippen LogP contribution in [0.3, 0.4) is 0 Å². The fourth-order valence-corrected chi connectivity index (χ4v) is 5.53. The van der Waals surface area contributed by atoms with E-state index in [0.717, 1.165) is 25.7 Å². The van der Waals surface area contributed by atoms with Gasteiger partial charge in [-0.15, -0.1) is 0 Å².